The highest BCUT2D eigenvalue weighted by Gasteiger charge is 2.52. The van der Waals surface area contributed by atoms with Gasteiger partial charge in [0, 0.05) is 17.7 Å². The molecule has 15 heteroatoms. The van der Waals surface area contributed by atoms with E-state index in [1.807, 2.05) is 0 Å². The first kappa shape index (κ1) is 29.9. The number of aliphatic hydroxyl groups excluding tert-OH is 1. The summed E-state index contributed by atoms with van der Waals surface area (Å²) in [6.07, 6.45) is -3.11. The molecule has 0 spiro atoms. The number of anilines is 1. The highest BCUT2D eigenvalue weighted by Crippen LogP contribution is 2.43. The summed E-state index contributed by atoms with van der Waals surface area (Å²) in [5.74, 6) is -5.15. The van der Waals surface area contributed by atoms with Crippen molar-refractivity contribution in [2.45, 2.75) is 38.0 Å². The molecule has 1 fully saturated rings. The van der Waals surface area contributed by atoms with E-state index in [9.17, 15) is 41.9 Å². The Balaban J connectivity index is 1.58. The zero-order chi connectivity index (χ0) is 31.3. The zero-order valence-electron chi connectivity index (χ0n) is 22.1. The van der Waals surface area contributed by atoms with Crippen LogP contribution in [0.1, 0.15) is 36.6 Å². The molecule has 2 aromatic carbocycles. The average Bonchev–Trinajstić information content (AvgIpc) is 3.36. The third kappa shape index (κ3) is 5.15. The topological polar surface area (TPSA) is 122 Å². The second-order valence-electron chi connectivity index (χ2n) is 10.0. The van der Waals surface area contributed by atoms with Crippen LogP contribution in [0.25, 0.3) is 11.3 Å². The Hall–Kier alpha value is -4.61. The maximum absolute atomic E-state index is 14.6. The van der Waals surface area contributed by atoms with Crippen LogP contribution >= 0.6 is 11.6 Å². The molecular formula is C28H20ClF5N6O3. The van der Waals surface area contributed by atoms with Crippen LogP contribution in [0.4, 0.5) is 27.6 Å². The second kappa shape index (κ2) is 10.9. The van der Waals surface area contributed by atoms with Crippen LogP contribution in [0.3, 0.4) is 0 Å². The Morgan fingerprint density at radius 1 is 1.23 bits per heavy atom. The third-order valence-corrected chi connectivity index (χ3v) is 7.77. The highest BCUT2D eigenvalue weighted by atomic mass is 35.5. The first-order valence-corrected chi connectivity index (χ1v) is 13.0. The third-order valence-electron chi connectivity index (χ3n) is 7.41. The molecule has 43 heavy (non-hydrogen) atoms. The van der Waals surface area contributed by atoms with Crippen molar-refractivity contribution in [2.75, 3.05) is 11.9 Å². The Morgan fingerprint density at radius 2 is 1.98 bits per heavy atom. The number of amides is 2. The van der Waals surface area contributed by atoms with Crippen LogP contribution < -0.4 is 5.32 Å². The number of hydrogen-bond donors (Lipinski definition) is 2. The number of nitrogens with one attached hydrogen (secondary N) is 1. The summed E-state index contributed by atoms with van der Waals surface area (Å²) in [6, 6.07) is 7.37. The van der Waals surface area contributed by atoms with Crippen molar-refractivity contribution in [1.29, 1.82) is 5.26 Å². The summed E-state index contributed by atoms with van der Waals surface area (Å²) in [7, 11) is 0. The molecule has 9 nitrogen and oxygen atoms in total. The Bertz CT molecular complexity index is 1740. The summed E-state index contributed by atoms with van der Waals surface area (Å²) in [5.41, 5.74) is -4.58. The lowest BCUT2D eigenvalue weighted by Crippen LogP contribution is -2.60. The van der Waals surface area contributed by atoms with Crippen molar-refractivity contribution in [3.63, 3.8) is 0 Å². The Kier molecular flexibility index (Phi) is 7.57. The van der Waals surface area contributed by atoms with Gasteiger partial charge in [-0.15, -0.1) is 0 Å². The minimum atomic E-state index is -4.80. The molecule has 0 unspecified atom stereocenters. The molecule has 0 bridgehead atoms. The molecule has 222 valence electrons. The molecule has 2 aliphatic rings. The molecule has 2 aliphatic heterocycles. The van der Waals surface area contributed by atoms with Gasteiger partial charge in [-0.05, 0) is 44.0 Å². The van der Waals surface area contributed by atoms with Gasteiger partial charge < -0.3 is 10.4 Å². The molecule has 0 radical (unpaired) electrons. The number of halogens is 6. The number of benzene rings is 2. The van der Waals surface area contributed by atoms with Gasteiger partial charge in [-0.1, -0.05) is 23.7 Å². The second-order valence-corrected chi connectivity index (χ2v) is 10.4. The van der Waals surface area contributed by atoms with Gasteiger partial charge >= 0.3 is 6.18 Å². The van der Waals surface area contributed by atoms with Gasteiger partial charge in [0.15, 0.2) is 17.3 Å². The molecule has 5 rings (SSSR count). The number of aromatic nitrogens is 2. The van der Waals surface area contributed by atoms with Crippen LogP contribution in [0.2, 0.25) is 5.02 Å². The summed E-state index contributed by atoms with van der Waals surface area (Å²) in [4.78, 5) is 34.9. The number of carbonyl (C=O) groups is 2. The zero-order valence-corrected chi connectivity index (χ0v) is 22.9. The molecule has 3 aromatic rings. The molecule has 1 saturated heterocycles. The summed E-state index contributed by atoms with van der Waals surface area (Å²) >= 11 is 6.20. The number of nitrogens with zero attached hydrogens (tertiary/aromatic N) is 5. The molecule has 0 aliphatic carbocycles. The molecule has 2 amide bonds. The van der Waals surface area contributed by atoms with Gasteiger partial charge in [-0.2, -0.15) is 18.4 Å². The number of hydrogen-bond acceptors (Lipinski definition) is 7. The minimum Gasteiger partial charge on any atom is -0.509 e. The SMILES string of the molecule is C[C@]12CCCN1N(Cc1cccc(F)c1F)C(=O)C(C(=O)Nc1ccc(C(F)(F)F)cc1-c1ncnc(C#N)c1Cl)=C2O. The van der Waals surface area contributed by atoms with Crippen LogP contribution in [-0.2, 0) is 22.3 Å². The van der Waals surface area contributed by atoms with E-state index in [0.717, 1.165) is 23.5 Å². The van der Waals surface area contributed by atoms with E-state index in [2.05, 4.69) is 15.3 Å². The lowest BCUT2D eigenvalue weighted by Gasteiger charge is -2.46. The van der Waals surface area contributed by atoms with Crippen molar-refractivity contribution in [3.05, 3.63) is 87.5 Å². The predicted octanol–water partition coefficient (Wildman–Crippen LogP) is 5.53. The monoisotopic (exact) mass is 618 g/mol. The lowest BCUT2D eigenvalue weighted by atomic mass is 9.90. The lowest BCUT2D eigenvalue weighted by molar-refractivity contribution is -0.160. The fourth-order valence-electron chi connectivity index (χ4n) is 5.23. The van der Waals surface area contributed by atoms with Crippen LogP contribution in [0.5, 0.6) is 0 Å². The van der Waals surface area contributed by atoms with Crippen molar-refractivity contribution in [2.24, 2.45) is 0 Å². The quantitative estimate of drug-likeness (QED) is 0.285. The number of nitriles is 1. The number of rotatable bonds is 5. The molecular weight excluding hydrogens is 599 g/mol. The normalized spacial score (nSPS) is 18.9. The maximum Gasteiger partial charge on any atom is 0.416 e. The fraction of sp³-hybridized carbons (Fsp3) is 0.250. The van der Waals surface area contributed by atoms with Gasteiger partial charge in [0.05, 0.1) is 29.0 Å². The molecule has 0 saturated carbocycles. The number of alkyl halides is 3. The summed E-state index contributed by atoms with van der Waals surface area (Å²) in [6.45, 7) is 1.35. The fourth-order valence-corrected chi connectivity index (χ4v) is 5.47. The van der Waals surface area contributed by atoms with Crippen molar-refractivity contribution >= 4 is 29.1 Å². The van der Waals surface area contributed by atoms with E-state index in [1.54, 1.807) is 13.0 Å². The number of fused-ring (bicyclic) bond motifs is 1. The number of carbonyl (C=O) groups excluding carboxylic acids is 2. The van der Waals surface area contributed by atoms with Gasteiger partial charge in [0.25, 0.3) is 11.8 Å². The van der Waals surface area contributed by atoms with E-state index in [-0.39, 0.29) is 39.8 Å². The van der Waals surface area contributed by atoms with Crippen LogP contribution in [0.15, 0.2) is 54.1 Å². The van der Waals surface area contributed by atoms with Gasteiger partial charge in [0.1, 0.15) is 28.8 Å². The molecule has 1 atom stereocenters. The summed E-state index contributed by atoms with van der Waals surface area (Å²) < 4.78 is 69.3. The minimum absolute atomic E-state index is 0.180. The molecule has 1 aromatic heterocycles. The van der Waals surface area contributed by atoms with Gasteiger partial charge in [0.2, 0.25) is 0 Å². The standard InChI is InChI=1S/C28H20ClF5N6O3/c1-27-8-3-9-40(27)39(12-14-4-2-5-17(30)22(14)31)26(43)20(24(27)41)25(42)38-18-7-6-15(28(32,33)34)10-16(18)23-21(29)19(11-35)36-13-37-23/h2,4-7,10,13,41H,3,8-9,12H2,1H3,(H,38,42)/t27-/m1/s1. The van der Waals surface area contributed by atoms with E-state index >= 15 is 0 Å². The molecule has 3 heterocycles. The van der Waals surface area contributed by atoms with E-state index in [4.69, 9.17) is 11.6 Å². The van der Waals surface area contributed by atoms with E-state index in [1.165, 1.54) is 17.1 Å². The first-order valence-electron chi connectivity index (χ1n) is 12.7. The largest absolute Gasteiger partial charge is 0.509 e. The number of hydrazine groups is 1. The van der Waals surface area contributed by atoms with Gasteiger partial charge in [-0.3, -0.25) is 14.6 Å². The van der Waals surface area contributed by atoms with Gasteiger partial charge in [-0.25, -0.2) is 23.8 Å². The van der Waals surface area contributed by atoms with E-state index in [0.29, 0.717) is 25.0 Å². The van der Waals surface area contributed by atoms with E-state index < -0.39 is 58.6 Å². The average molecular weight is 619 g/mol. The number of aliphatic hydroxyl groups is 1. The van der Waals surface area contributed by atoms with Crippen molar-refractivity contribution in [1.82, 2.24) is 20.0 Å². The smallest absolute Gasteiger partial charge is 0.416 e. The van der Waals surface area contributed by atoms with Crippen LogP contribution in [-0.4, -0.2) is 49.0 Å². The van der Waals surface area contributed by atoms with Crippen molar-refractivity contribution in [3.8, 4) is 17.3 Å². The first-order chi connectivity index (χ1) is 20.3. The van der Waals surface area contributed by atoms with Crippen molar-refractivity contribution < 1.29 is 36.6 Å². The highest BCUT2D eigenvalue weighted by molar-refractivity contribution is 6.34. The van der Waals surface area contributed by atoms with Crippen LogP contribution in [0, 0.1) is 23.0 Å². The summed E-state index contributed by atoms with van der Waals surface area (Å²) in [5, 5.41) is 25.0. The predicted molar refractivity (Wildman–Crippen MR) is 142 cm³/mol. The molecule has 2 N–H and O–H groups in total. The maximum atomic E-state index is 14.6. The Morgan fingerprint density at radius 3 is 2.67 bits per heavy atom. The Labute approximate surface area is 245 Å².